The standard InChI is InChI=1S/C14H12Cl3O3PS/c15-9-10-18-21(22,19-13-5-1-11(16)2-6-13)20-14-7-3-12(17)4-8-14/h1-8H,9-10H2. The fraction of sp³-hybridized carbons (Fsp3) is 0.143. The fourth-order valence-electron chi connectivity index (χ4n) is 1.47. The summed E-state index contributed by atoms with van der Waals surface area (Å²) < 4.78 is 17.0. The summed E-state index contributed by atoms with van der Waals surface area (Å²) >= 11 is 22.8. The Morgan fingerprint density at radius 1 is 0.818 bits per heavy atom. The van der Waals surface area contributed by atoms with E-state index in [9.17, 15) is 0 Å². The van der Waals surface area contributed by atoms with Crippen molar-refractivity contribution >= 4 is 53.3 Å². The zero-order valence-corrected chi connectivity index (χ0v) is 15.2. The summed E-state index contributed by atoms with van der Waals surface area (Å²) in [6.45, 7) is -2.82. The monoisotopic (exact) mass is 396 g/mol. The Morgan fingerprint density at radius 3 is 1.59 bits per heavy atom. The Bertz CT molecular complexity index is 598. The van der Waals surface area contributed by atoms with Crippen LogP contribution in [-0.2, 0) is 16.3 Å². The van der Waals surface area contributed by atoms with Crippen molar-refractivity contribution in [3.63, 3.8) is 0 Å². The third-order valence-corrected chi connectivity index (χ3v) is 5.18. The Hall–Kier alpha value is -0.480. The number of rotatable bonds is 7. The fourth-order valence-corrected chi connectivity index (χ4v) is 3.86. The number of alkyl halides is 1. The first-order valence-electron chi connectivity index (χ1n) is 6.22. The molecule has 22 heavy (non-hydrogen) atoms. The lowest BCUT2D eigenvalue weighted by molar-refractivity contribution is 0.278. The van der Waals surface area contributed by atoms with Gasteiger partial charge in [-0.15, -0.1) is 11.6 Å². The molecule has 2 aromatic carbocycles. The number of halogens is 3. The van der Waals surface area contributed by atoms with Gasteiger partial charge in [-0.05, 0) is 48.5 Å². The molecule has 118 valence electrons. The van der Waals surface area contributed by atoms with Crippen molar-refractivity contribution < 1.29 is 13.6 Å². The van der Waals surface area contributed by atoms with Crippen LogP contribution in [0.2, 0.25) is 10.0 Å². The van der Waals surface area contributed by atoms with Gasteiger partial charge in [-0.25, -0.2) is 0 Å². The number of hydrogen-bond donors (Lipinski definition) is 0. The van der Waals surface area contributed by atoms with Gasteiger partial charge < -0.3 is 9.05 Å². The lowest BCUT2D eigenvalue weighted by atomic mass is 10.3. The molecule has 0 aliphatic heterocycles. The summed E-state index contributed by atoms with van der Waals surface area (Å²) in [7, 11) is 0. The topological polar surface area (TPSA) is 27.7 Å². The second-order valence-electron chi connectivity index (χ2n) is 4.06. The van der Waals surface area contributed by atoms with Crippen molar-refractivity contribution in [1.82, 2.24) is 0 Å². The Labute approximate surface area is 149 Å². The van der Waals surface area contributed by atoms with Crippen molar-refractivity contribution in [1.29, 1.82) is 0 Å². The van der Waals surface area contributed by atoms with Gasteiger partial charge in [-0.2, -0.15) is 0 Å². The molecule has 0 aliphatic rings. The van der Waals surface area contributed by atoms with E-state index in [4.69, 9.17) is 60.2 Å². The summed E-state index contributed by atoms with van der Waals surface area (Å²) in [5.74, 6) is 1.30. The third-order valence-electron chi connectivity index (χ3n) is 2.39. The van der Waals surface area contributed by atoms with Crippen LogP contribution in [0, 0.1) is 0 Å². The zero-order valence-electron chi connectivity index (χ0n) is 11.2. The average Bonchev–Trinajstić information content (AvgIpc) is 2.50. The minimum atomic E-state index is -3.05. The van der Waals surface area contributed by atoms with Gasteiger partial charge in [-0.1, -0.05) is 23.2 Å². The summed E-state index contributed by atoms with van der Waals surface area (Å²) in [5, 5.41) is 1.20. The van der Waals surface area contributed by atoms with Crippen molar-refractivity contribution in [2.24, 2.45) is 0 Å². The van der Waals surface area contributed by atoms with E-state index in [1.807, 2.05) is 0 Å². The molecule has 2 rings (SSSR count). The SMILES string of the molecule is S=P(OCCCl)(Oc1ccc(Cl)cc1)Oc1ccc(Cl)cc1. The van der Waals surface area contributed by atoms with Crippen LogP contribution in [0.5, 0.6) is 11.5 Å². The van der Waals surface area contributed by atoms with E-state index in [1.54, 1.807) is 48.5 Å². The number of hydrogen-bond acceptors (Lipinski definition) is 4. The van der Waals surface area contributed by atoms with Crippen LogP contribution in [0.15, 0.2) is 48.5 Å². The van der Waals surface area contributed by atoms with Crippen LogP contribution in [0.1, 0.15) is 0 Å². The predicted octanol–water partition coefficient (Wildman–Crippen LogP) is 5.93. The van der Waals surface area contributed by atoms with Crippen LogP contribution >= 0.6 is 41.5 Å². The van der Waals surface area contributed by atoms with Gasteiger partial charge in [0.25, 0.3) is 0 Å². The molecule has 2 aromatic rings. The molecule has 0 unspecified atom stereocenters. The molecule has 0 N–H and O–H groups in total. The molecule has 0 heterocycles. The van der Waals surface area contributed by atoms with Gasteiger partial charge in [0.05, 0.1) is 6.61 Å². The summed E-state index contributed by atoms with van der Waals surface area (Å²) in [6, 6.07) is 13.6. The second-order valence-corrected chi connectivity index (χ2v) is 8.17. The maximum Gasteiger partial charge on any atom is 0.434 e. The molecule has 0 fully saturated rings. The lowest BCUT2D eigenvalue weighted by Gasteiger charge is -2.22. The van der Waals surface area contributed by atoms with Crippen LogP contribution in [0.4, 0.5) is 0 Å². The highest BCUT2D eigenvalue weighted by atomic mass is 35.5. The first-order valence-corrected chi connectivity index (χ1v) is 10.1. The Kier molecular flexibility index (Phi) is 6.82. The molecule has 8 heteroatoms. The van der Waals surface area contributed by atoms with E-state index in [0.717, 1.165) is 0 Å². The van der Waals surface area contributed by atoms with E-state index in [0.29, 0.717) is 21.5 Å². The molecule has 0 aliphatic carbocycles. The Morgan fingerprint density at radius 2 is 1.23 bits per heavy atom. The first-order chi connectivity index (χ1) is 10.5. The summed E-state index contributed by atoms with van der Waals surface area (Å²) in [6.07, 6.45) is 0. The van der Waals surface area contributed by atoms with E-state index in [-0.39, 0.29) is 12.5 Å². The maximum atomic E-state index is 5.85. The minimum Gasteiger partial charge on any atom is -0.416 e. The van der Waals surface area contributed by atoms with Gasteiger partial charge in [0.15, 0.2) is 0 Å². The minimum absolute atomic E-state index is 0.222. The van der Waals surface area contributed by atoms with Crippen LogP contribution < -0.4 is 9.05 Å². The molecule has 0 radical (unpaired) electrons. The van der Waals surface area contributed by atoms with Crippen molar-refractivity contribution in [3.05, 3.63) is 58.6 Å². The number of benzene rings is 2. The highest BCUT2D eigenvalue weighted by molar-refractivity contribution is 8.07. The average molecular weight is 398 g/mol. The lowest BCUT2D eigenvalue weighted by Crippen LogP contribution is -2.06. The molecular formula is C14H12Cl3O3PS. The largest absolute Gasteiger partial charge is 0.434 e. The normalized spacial score (nSPS) is 11.2. The van der Waals surface area contributed by atoms with Crippen molar-refractivity contribution in [2.75, 3.05) is 12.5 Å². The van der Waals surface area contributed by atoms with E-state index in [1.165, 1.54) is 0 Å². The maximum absolute atomic E-state index is 5.85. The van der Waals surface area contributed by atoms with Gasteiger partial charge in [-0.3, -0.25) is 4.52 Å². The van der Waals surface area contributed by atoms with Gasteiger partial charge in [0.2, 0.25) is 0 Å². The predicted molar refractivity (Wildman–Crippen MR) is 95.1 cm³/mol. The van der Waals surface area contributed by atoms with Crippen LogP contribution in [0.25, 0.3) is 0 Å². The molecule has 0 amide bonds. The van der Waals surface area contributed by atoms with Gasteiger partial charge >= 0.3 is 6.72 Å². The molecule has 0 aromatic heterocycles. The molecular weight excluding hydrogens is 386 g/mol. The molecule has 0 bridgehead atoms. The van der Waals surface area contributed by atoms with Gasteiger partial charge in [0, 0.05) is 27.7 Å². The van der Waals surface area contributed by atoms with Crippen LogP contribution in [0.3, 0.4) is 0 Å². The highest BCUT2D eigenvalue weighted by Gasteiger charge is 2.24. The summed E-state index contributed by atoms with van der Waals surface area (Å²) in [5.41, 5.74) is 0. The molecule has 0 saturated heterocycles. The molecule has 0 atom stereocenters. The van der Waals surface area contributed by atoms with Gasteiger partial charge in [0.1, 0.15) is 11.5 Å². The Balaban J connectivity index is 2.17. The zero-order chi connectivity index (χ0) is 16.0. The van der Waals surface area contributed by atoms with E-state index >= 15 is 0 Å². The third kappa shape index (κ3) is 5.62. The van der Waals surface area contributed by atoms with E-state index < -0.39 is 6.72 Å². The first kappa shape index (κ1) is 17.9. The van der Waals surface area contributed by atoms with Crippen molar-refractivity contribution in [2.45, 2.75) is 0 Å². The van der Waals surface area contributed by atoms with Crippen LogP contribution in [-0.4, -0.2) is 12.5 Å². The summed E-state index contributed by atoms with van der Waals surface area (Å²) in [4.78, 5) is 0. The highest BCUT2D eigenvalue weighted by Crippen LogP contribution is 2.50. The van der Waals surface area contributed by atoms with Crippen molar-refractivity contribution in [3.8, 4) is 11.5 Å². The smallest absolute Gasteiger partial charge is 0.416 e. The second kappa shape index (κ2) is 8.39. The van der Waals surface area contributed by atoms with E-state index in [2.05, 4.69) is 0 Å². The molecule has 0 spiro atoms. The quantitative estimate of drug-likeness (QED) is 0.427. The molecule has 0 saturated carbocycles. The molecule has 3 nitrogen and oxygen atoms in total.